The molecular weight excluding hydrogens is 342 g/mol. The lowest BCUT2D eigenvalue weighted by atomic mass is 10.4. The Morgan fingerprint density at radius 3 is 2.72 bits per heavy atom. The lowest BCUT2D eigenvalue weighted by Crippen LogP contribution is -2.38. The highest BCUT2D eigenvalue weighted by Gasteiger charge is 2.26. The first-order valence-electron chi connectivity index (χ1n) is 5.13. The van der Waals surface area contributed by atoms with Crippen LogP contribution in [0.1, 0.15) is 13.3 Å². The van der Waals surface area contributed by atoms with Crippen LogP contribution in [0.4, 0.5) is 0 Å². The number of rotatable bonds is 6. The molecular formula is C9H14BrN3O3S2. The predicted molar refractivity (Wildman–Crippen MR) is 74.5 cm³/mol. The summed E-state index contributed by atoms with van der Waals surface area (Å²) in [7, 11) is -3.60. The fourth-order valence-corrected chi connectivity index (χ4v) is 4.98. The van der Waals surface area contributed by atoms with E-state index in [2.05, 4.69) is 21.1 Å². The third-order valence-corrected chi connectivity index (χ3v) is 6.02. The molecule has 3 N–H and O–H groups in total. The van der Waals surface area contributed by atoms with E-state index in [1.54, 1.807) is 6.07 Å². The van der Waals surface area contributed by atoms with Crippen LogP contribution >= 0.6 is 27.3 Å². The number of hydrogen-bond acceptors (Lipinski definition) is 5. The summed E-state index contributed by atoms with van der Waals surface area (Å²) in [4.78, 5) is 0. The second-order valence-electron chi connectivity index (χ2n) is 3.49. The van der Waals surface area contributed by atoms with Crippen LogP contribution in [0.15, 0.2) is 25.3 Å². The fraction of sp³-hybridized carbons (Fsp3) is 0.444. The van der Waals surface area contributed by atoms with Crippen molar-refractivity contribution in [3.8, 4) is 0 Å². The minimum absolute atomic E-state index is 0.123. The molecule has 9 heteroatoms. The maximum atomic E-state index is 12.3. The molecule has 0 fully saturated rings. The highest BCUT2D eigenvalue weighted by atomic mass is 79.9. The van der Waals surface area contributed by atoms with Gasteiger partial charge in [0.05, 0.1) is 10.3 Å². The molecule has 18 heavy (non-hydrogen) atoms. The number of oxime groups is 1. The highest BCUT2D eigenvalue weighted by molar-refractivity contribution is 9.11. The first kappa shape index (κ1) is 15.4. The van der Waals surface area contributed by atoms with Gasteiger partial charge in [-0.3, -0.25) is 0 Å². The maximum absolute atomic E-state index is 12.3. The zero-order valence-electron chi connectivity index (χ0n) is 9.71. The van der Waals surface area contributed by atoms with Gasteiger partial charge in [0.1, 0.15) is 4.21 Å². The number of hydrogen-bond donors (Lipinski definition) is 2. The monoisotopic (exact) mass is 355 g/mol. The van der Waals surface area contributed by atoms with Crippen LogP contribution in [-0.4, -0.2) is 36.9 Å². The number of sulfonamides is 1. The molecule has 6 nitrogen and oxygen atoms in total. The van der Waals surface area contributed by atoms with Gasteiger partial charge in [-0.05, 0) is 34.5 Å². The summed E-state index contributed by atoms with van der Waals surface area (Å²) in [5.41, 5.74) is 5.37. The lowest BCUT2D eigenvalue weighted by molar-refractivity contribution is 0.314. The molecule has 0 aliphatic heterocycles. The Labute approximate surface area is 118 Å². The van der Waals surface area contributed by atoms with Crippen molar-refractivity contribution in [3.63, 3.8) is 0 Å². The van der Waals surface area contributed by atoms with Crippen LogP contribution in [0, 0.1) is 0 Å². The summed E-state index contributed by atoms with van der Waals surface area (Å²) in [6, 6.07) is 3.20. The van der Waals surface area contributed by atoms with Gasteiger partial charge in [0.25, 0.3) is 10.0 Å². The van der Waals surface area contributed by atoms with Gasteiger partial charge in [-0.1, -0.05) is 12.1 Å². The summed E-state index contributed by atoms with van der Waals surface area (Å²) < 4.78 is 26.8. The van der Waals surface area contributed by atoms with Gasteiger partial charge in [-0.25, -0.2) is 8.42 Å². The molecule has 0 amide bonds. The SMILES string of the molecule is CCCN(CC(N)=NO)S(=O)(=O)c1ccc(Br)s1. The molecule has 1 heterocycles. The van der Waals surface area contributed by atoms with Crippen molar-refractivity contribution < 1.29 is 13.6 Å². The molecule has 0 aliphatic carbocycles. The maximum Gasteiger partial charge on any atom is 0.253 e. The van der Waals surface area contributed by atoms with Gasteiger partial charge >= 0.3 is 0 Å². The van der Waals surface area contributed by atoms with Crippen LogP contribution in [0.25, 0.3) is 0 Å². The van der Waals surface area contributed by atoms with E-state index in [-0.39, 0.29) is 16.6 Å². The fourth-order valence-electron chi connectivity index (χ4n) is 1.31. The number of thiophene rings is 1. The molecule has 0 aromatic carbocycles. The van der Waals surface area contributed by atoms with Crippen molar-refractivity contribution in [2.24, 2.45) is 10.9 Å². The van der Waals surface area contributed by atoms with E-state index in [1.165, 1.54) is 10.4 Å². The van der Waals surface area contributed by atoms with Crippen molar-refractivity contribution in [2.45, 2.75) is 17.6 Å². The predicted octanol–water partition coefficient (Wildman–Crippen LogP) is 1.66. The van der Waals surface area contributed by atoms with E-state index in [9.17, 15) is 8.42 Å². The Morgan fingerprint density at radius 2 is 2.28 bits per heavy atom. The lowest BCUT2D eigenvalue weighted by Gasteiger charge is -2.19. The van der Waals surface area contributed by atoms with E-state index >= 15 is 0 Å². The normalized spacial score (nSPS) is 13.2. The Balaban J connectivity index is 3.04. The number of nitrogens with two attached hydrogens (primary N) is 1. The van der Waals surface area contributed by atoms with Crippen LogP contribution in [0.3, 0.4) is 0 Å². The van der Waals surface area contributed by atoms with E-state index in [4.69, 9.17) is 10.9 Å². The Morgan fingerprint density at radius 1 is 1.61 bits per heavy atom. The zero-order valence-corrected chi connectivity index (χ0v) is 12.9. The third-order valence-electron chi connectivity index (χ3n) is 2.08. The van der Waals surface area contributed by atoms with Crippen LogP contribution < -0.4 is 5.73 Å². The molecule has 1 aromatic heterocycles. The van der Waals surface area contributed by atoms with Crippen molar-refractivity contribution in [1.29, 1.82) is 0 Å². The Bertz CT molecular complexity index is 527. The number of nitrogens with zero attached hydrogens (tertiary/aromatic N) is 2. The molecule has 102 valence electrons. The largest absolute Gasteiger partial charge is 0.409 e. The Hall–Kier alpha value is -0.640. The second-order valence-corrected chi connectivity index (χ2v) is 8.12. The minimum Gasteiger partial charge on any atom is -0.409 e. The van der Waals surface area contributed by atoms with Gasteiger partial charge < -0.3 is 10.9 Å². The summed E-state index contributed by atoms with van der Waals surface area (Å²) in [6.45, 7) is 2.05. The molecule has 1 aromatic rings. The van der Waals surface area contributed by atoms with Crippen LogP contribution in [-0.2, 0) is 10.0 Å². The zero-order chi connectivity index (χ0) is 13.8. The first-order valence-corrected chi connectivity index (χ1v) is 8.18. The van der Waals surface area contributed by atoms with Crippen molar-refractivity contribution in [3.05, 3.63) is 15.9 Å². The number of amidine groups is 1. The van der Waals surface area contributed by atoms with Gasteiger partial charge in [0.2, 0.25) is 0 Å². The average molecular weight is 356 g/mol. The van der Waals surface area contributed by atoms with Crippen LogP contribution in [0.2, 0.25) is 0 Å². The molecule has 0 aliphatic rings. The second kappa shape index (κ2) is 6.50. The van der Waals surface area contributed by atoms with Gasteiger partial charge in [0.15, 0.2) is 5.84 Å². The van der Waals surface area contributed by atoms with E-state index in [0.29, 0.717) is 13.0 Å². The quantitative estimate of drug-likeness (QED) is 0.351. The molecule has 0 saturated heterocycles. The molecule has 0 radical (unpaired) electrons. The summed E-state index contributed by atoms with van der Waals surface area (Å²) >= 11 is 4.35. The molecule has 0 atom stereocenters. The highest BCUT2D eigenvalue weighted by Crippen LogP contribution is 2.28. The summed E-state index contributed by atoms with van der Waals surface area (Å²) in [5.74, 6) is -0.136. The summed E-state index contributed by atoms with van der Waals surface area (Å²) in [6.07, 6.45) is 0.643. The number of halogens is 1. The standard InChI is InChI=1S/C9H14BrN3O3S2/c1-2-5-13(6-8(11)12-14)18(15,16)9-4-3-7(10)17-9/h3-4,14H,2,5-6H2,1H3,(H2,11,12). The molecule has 0 saturated carbocycles. The smallest absolute Gasteiger partial charge is 0.253 e. The van der Waals surface area contributed by atoms with Gasteiger partial charge in [-0.2, -0.15) is 4.31 Å². The molecule has 0 bridgehead atoms. The molecule has 0 unspecified atom stereocenters. The van der Waals surface area contributed by atoms with Gasteiger partial charge in [0, 0.05) is 6.54 Å². The van der Waals surface area contributed by atoms with Crippen molar-refractivity contribution >= 4 is 43.1 Å². The van der Waals surface area contributed by atoms with E-state index in [1.807, 2.05) is 6.92 Å². The van der Waals surface area contributed by atoms with Crippen LogP contribution in [0.5, 0.6) is 0 Å². The van der Waals surface area contributed by atoms with E-state index in [0.717, 1.165) is 15.1 Å². The van der Waals surface area contributed by atoms with Crippen molar-refractivity contribution in [2.75, 3.05) is 13.1 Å². The van der Waals surface area contributed by atoms with Crippen molar-refractivity contribution in [1.82, 2.24) is 4.31 Å². The first-order chi connectivity index (χ1) is 8.41. The Kier molecular flexibility index (Phi) is 5.57. The summed E-state index contributed by atoms with van der Waals surface area (Å²) in [5, 5.41) is 11.3. The molecule has 0 spiro atoms. The minimum atomic E-state index is -3.60. The molecule has 1 rings (SSSR count). The topological polar surface area (TPSA) is 96.0 Å². The van der Waals surface area contributed by atoms with Gasteiger partial charge in [-0.15, -0.1) is 11.3 Å². The average Bonchev–Trinajstić information content (AvgIpc) is 2.75. The van der Waals surface area contributed by atoms with E-state index < -0.39 is 10.0 Å². The third kappa shape index (κ3) is 3.67.